The quantitative estimate of drug-likeness (QED) is 0.624. The van der Waals surface area contributed by atoms with Gasteiger partial charge in [0, 0.05) is 44.5 Å². The molecule has 1 fully saturated rings. The SMILES string of the molecule is O=C(Nc1cccnc1)N1CCN(Cc2cccc(OCc3cc(F)ccc3F)c2)CC1. The molecular weight excluding hydrogens is 414 g/mol. The highest BCUT2D eigenvalue weighted by atomic mass is 19.1. The Bertz CT molecular complexity index is 1060. The average molecular weight is 438 g/mol. The van der Waals surface area contributed by atoms with Gasteiger partial charge in [-0.15, -0.1) is 0 Å². The summed E-state index contributed by atoms with van der Waals surface area (Å²) in [5, 5.41) is 2.86. The second-order valence-electron chi connectivity index (χ2n) is 7.61. The molecular formula is C24H24F2N4O2. The van der Waals surface area contributed by atoms with Crippen LogP contribution in [0.4, 0.5) is 19.3 Å². The third-order valence-electron chi connectivity index (χ3n) is 5.28. The summed E-state index contributed by atoms with van der Waals surface area (Å²) in [5.74, 6) is -0.388. The highest BCUT2D eigenvalue weighted by molar-refractivity contribution is 5.89. The molecule has 0 bridgehead atoms. The number of nitrogens with zero attached hydrogens (tertiary/aromatic N) is 3. The van der Waals surface area contributed by atoms with Crippen LogP contribution in [-0.4, -0.2) is 47.0 Å². The molecule has 6 nitrogen and oxygen atoms in total. The van der Waals surface area contributed by atoms with Crippen molar-refractivity contribution in [2.24, 2.45) is 0 Å². The summed E-state index contributed by atoms with van der Waals surface area (Å²) in [5.41, 5.74) is 1.90. The van der Waals surface area contributed by atoms with E-state index in [1.807, 2.05) is 18.2 Å². The van der Waals surface area contributed by atoms with Gasteiger partial charge in [0.1, 0.15) is 24.0 Å². The zero-order chi connectivity index (χ0) is 22.3. The van der Waals surface area contributed by atoms with Crippen molar-refractivity contribution in [3.05, 3.63) is 89.8 Å². The molecule has 1 aliphatic rings. The number of ether oxygens (including phenoxy) is 1. The fraction of sp³-hybridized carbons (Fsp3) is 0.250. The number of anilines is 1. The van der Waals surface area contributed by atoms with E-state index in [0.717, 1.165) is 36.9 Å². The summed E-state index contributed by atoms with van der Waals surface area (Å²) in [6.45, 7) is 3.42. The van der Waals surface area contributed by atoms with Crippen LogP contribution in [0, 0.1) is 11.6 Å². The lowest BCUT2D eigenvalue weighted by molar-refractivity contribution is 0.143. The number of nitrogens with one attached hydrogen (secondary N) is 1. The zero-order valence-electron chi connectivity index (χ0n) is 17.5. The molecule has 166 valence electrons. The van der Waals surface area contributed by atoms with Gasteiger partial charge >= 0.3 is 6.03 Å². The Morgan fingerprint density at radius 2 is 1.88 bits per heavy atom. The Labute approximate surface area is 185 Å². The first kappa shape index (κ1) is 21.7. The Kier molecular flexibility index (Phi) is 6.91. The lowest BCUT2D eigenvalue weighted by Gasteiger charge is -2.34. The monoisotopic (exact) mass is 438 g/mol. The summed E-state index contributed by atoms with van der Waals surface area (Å²) < 4.78 is 32.8. The van der Waals surface area contributed by atoms with Gasteiger partial charge < -0.3 is 15.0 Å². The maximum absolute atomic E-state index is 13.8. The number of hydrogen-bond donors (Lipinski definition) is 1. The second kappa shape index (κ2) is 10.2. The van der Waals surface area contributed by atoms with Crippen LogP contribution in [0.5, 0.6) is 5.75 Å². The lowest BCUT2D eigenvalue weighted by Crippen LogP contribution is -2.49. The molecule has 4 rings (SSSR count). The van der Waals surface area contributed by atoms with Gasteiger partial charge in [-0.1, -0.05) is 12.1 Å². The lowest BCUT2D eigenvalue weighted by atomic mass is 10.2. The van der Waals surface area contributed by atoms with Gasteiger partial charge in [-0.05, 0) is 48.0 Å². The fourth-order valence-corrected chi connectivity index (χ4v) is 3.56. The van der Waals surface area contributed by atoms with Crippen LogP contribution in [0.15, 0.2) is 67.0 Å². The third-order valence-corrected chi connectivity index (χ3v) is 5.28. The van der Waals surface area contributed by atoms with Crippen molar-refractivity contribution >= 4 is 11.7 Å². The highest BCUT2D eigenvalue weighted by Gasteiger charge is 2.21. The Morgan fingerprint density at radius 3 is 2.66 bits per heavy atom. The van der Waals surface area contributed by atoms with Crippen LogP contribution >= 0.6 is 0 Å². The van der Waals surface area contributed by atoms with E-state index in [1.54, 1.807) is 35.5 Å². The average Bonchev–Trinajstić information content (AvgIpc) is 2.81. The highest BCUT2D eigenvalue weighted by Crippen LogP contribution is 2.19. The van der Waals surface area contributed by atoms with Gasteiger partial charge in [0.15, 0.2) is 0 Å². The molecule has 1 saturated heterocycles. The second-order valence-corrected chi connectivity index (χ2v) is 7.61. The molecule has 0 unspecified atom stereocenters. The number of pyridine rings is 1. The molecule has 32 heavy (non-hydrogen) atoms. The van der Waals surface area contributed by atoms with Crippen molar-refractivity contribution in [1.82, 2.24) is 14.8 Å². The summed E-state index contributed by atoms with van der Waals surface area (Å²) in [6, 6.07) is 14.4. The molecule has 1 aromatic heterocycles. The molecule has 1 N–H and O–H groups in total. The smallest absolute Gasteiger partial charge is 0.321 e. The predicted octanol–water partition coefficient (Wildman–Crippen LogP) is 4.29. The molecule has 0 aliphatic carbocycles. The Balaban J connectivity index is 1.27. The van der Waals surface area contributed by atoms with Crippen LogP contribution in [0.1, 0.15) is 11.1 Å². The zero-order valence-corrected chi connectivity index (χ0v) is 17.5. The van der Waals surface area contributed by atoms with Gasteiger partial charge in [0.25, 0.3) is 0 Å². The molecule has 1 aliphatic heterocycles. The minimum absolute atomic E-state index is 0.0439. The topological polar surface area (TPSA) is 57.7 Å². The Morgan fingerprint density at radius 1 is 1.03 bits per heavy atom. The van der Waals surface area contributed by atoms with Crippen molar-refractivity contribution in [3.63, 3.8) is 0 Å². The maximum Gasteiger partial charge on any atom is 0.321 e. The van der Waals surface area contributed by atoms with Crippen molar-refractivity contribution in [2.75, 3.05) is 31.5 Å². The number of piperazine rings is 1. The predicted molar refractivity (Wildman–Crippen MR) is 117 cm³/mol. The van der Waals surface area contributed by atoms with Crippen molar-refractivity contribution in [3.8, 4) is 5.75 Å². The minimum Gasteiger partial charge on any atom is -0.489 e. The number of amides is 2. The van der Waals surface area contributed by atoms with Crippen molar-refractivity contribution in [1.29, 1.82) is 0 Å². The number of hydrogen-bond acceptors (Lipinski definition) is 4. The summed E-state index contributed by atoms with van der Waals surface area (Å²) in [6.07, 6.45) is 3.28. The molecule has 2 amide bonds. The molecule has 0 saturated carbocycles. The molecule has 0 atom stereocenters. The number of urea groups is 1. The van der Waals surface area contributed by atoms with E-state index in [-0.39, 0.29) is 18.2 Å². The van der Waals surface area contributed by atoms with Crippen LogP contribution in [0.3, 0.4) is 0 Å². The van der Waals surface area contributed by atoms with Crippen LogP contribution in [-0.2, 0) is 13.2 Å². The van der Waals surface area contributed by atoms with E-state index in [2.05, 4.69) is 15.2 Å². The molecule has 8 heteroatoms. The number of rotatable bonds is 6. The first-order valence-electron chi connectivity index (χ1n) is 10.4. The van der Waals surface area contributed by atoms with E-state index in [9.17, 15) is 13.6 Å². The van der Waals surface area contributed by atoms with E-state index in [4.69, 9.17) is 4.74 Å². The van der Waals surface area contributed by atoms with E-state index < -0.39 is 11.6 Å². The first-order valence-corrected chi connectivity index (χ1v) is 10.4. The van der Waals surface area contributed by atoms with Crippen LogP contribution in [0.25, 0.3) is 0 Å². The van der Waals surface area contributed by atoms with Gasteiger partial charge in [0.2, 0.25) is 0 Å². The number of halogens is 2. The summed E-state index contributed by atoms with van der Waals surface area (Å²) in [7, 11) is 0. The first-order chi connectivity index (χ1) is 15.6. The fourth-order valence-electron chi connectivity index (χ4n) is 3.56. The molecule has 2 aromatic carbocycles. The van der Waals surface area contributed by atoms with Crippen molar-refractivity contribution < 1.29 is 18.3 Å². The van der Waals surface area contributed by atoms with Gasteiger partial charge in [-0.2, -0.15) is 0 Å². The molecule has 0 spiro atoms. The largest absolute Gasteiger partial charge is 0.489 e. The van der Waals surface area contributed by atoms with Gasteiger partial charge in [-0.25, -0.2) is 13.6 Å². The molecule has 3 aromatic rings. The number of aromatic nitrogens is 1. The molecule has 0 radical (unpaired) electrons. The van der Waals surface area contributed by atoms with Crippen molar-refractivity contribution in [2.45, 2.75) is 13.2 Å². The van der Waals surface area contributed by atoms with Gasteiger partial charge in [0.05, 0.1) is 11.9 Å². The minimum atomic E-state index is -0.494. The summed E-state index contributed by atoms with van der Waals surface area (Å²) in [4.78, 5) is 20.5. The summed E-state index contributed by atoms with van der Waals surface area (Å²) >= 11 is 0. The number of carbonyl (C=O) groups excluding carboxylic acids is 1. The van der Waals surface area contributed by atoms with E-state index in [0.29, 0.717) is 31.1 Å². The Hall–Kier alpha value is -3.52. The standard InChI is InChI=1S/C24H24F2N4O2/c25-20-6-7-23(26)19(14-20)17-32-22-5-1-3-18(13-22)16-29-9-11-30(12-10-29)24(31)28-21-4-2-8-27-15-21/h1-8,13-15H,9-12,16-17H2,(H,28,31). The maximum atomic E-state index is 13.8. The number of benzene rings is 2. The number of carbonyl (C=O) groups is 1. The van der Waals surface area contributed by atoms with Gasteiger partial charge in [-0.3, -0.25) is 9.88 Å². The van der Waals surface area contributed by atoms with E-state index in [1.165, 1.54) is 0 Å². The molecule has 2 heterocycles. The van der Waals surface area contributed by atoms with Crippen LogP contribution in [0.2, 0.25) is 0 Å². The van der Waals surface area contributed by atoms with E-state index >= 15 is 0 Å². The third kappa shape index (κ3) is 5.79. The van der Waals surface area contributed by atoms with Crippen LogP contribution < -0.4 is 10.1 Å². The normalized spacial score (nSPS) is 14.2.